The van der Waals surface area contributed by atoms with E-state index in [1.54, 1.807) is 36.4 Å². The van der Waals surface area contributed by atoms with Crippen LogP contribution in [0.5, 0.6) is 5.75 Å². The highest BCUT2D eigenvalue weighted by Crippen LogP contribution is 2.30. The third-order valence-corrected chi connectivity index (χ3v) is 3.47. The second-order valence-electron chi connectivity index (χ2n) is 4.54. The lowest BCUT2D eigenvalue weighted by Gasteiger charge is -2.08. The first-order valence-electron chi connectivity index (χ1n) is 6.18. The van der Waals surface area contributed by atoms with Crippen LogP contribution < -0.4 is 0 Å². The summed E-state index contributed by atoms with van der Waals surface area (Å²) in [7, 11) is 0. The molecule has 104 valence electrons. The molecule has 1 aromatic heterocycles. The number of halogens is 1. The molecule has 0 bridgehead atoms. The maximum atomic E-state index is 11.5. The molecule has 3 aromatic rings. The SMILES string of the molecule is O=C(O)c1cc(-c2cccc(O)c2)nc2cccc(Cl)c12. The van der Waals surface area contributed by atoms with E-state index < -0.39 is 5.97 Å². The van der Waals surface area contributed by atoms with Crippen molar-refractivity contribution in [2.24, 2.45) is 0 Å². The Morgan fingerprint density at radius 1 is 1.10 bits per heavy atom. The van der Waals surface area contributed by atoms with Gasteiger partial charge in [0, 0.05) is 10.9 Å². The number of carbonyl (C=O) groups is 1. The average Bonchev–Trinajstić information content (AvgIpc) is 2.46. The number of hydrogen-bond donors (Lipinski definition) is 2. The number of hydrogen-bond acceptors (Lipinski definition) is 3. The fourth-order valence-electron chi connectivity index (χ4n) is 2.23. The number of pyridine rings is 1. The normalized spacial score (nSPS) is 10.7. The summed E-state index contributed by atoms with van der Waals surface area (Å²) in [5, 5.41) is 19.7. The molecule has 2 N–H and O–H groups in total. The second kappa shape index (κ2) is 5.07. The zero-order valence-electron chi connectivity index (χ0n) is 10.7. The number of aromatic hydroxyl groups is 1. The number of fused-ring (bicyclic) bond motifs is 1. The lowest BCUT2D eigenvalue weighted by molar-refractivity contribution is 0.0699. The van der Waals surface area contributed by atoms with Gasteiger partial charge in [-0.1, -0.05) is 29.8 Å². The van der Waals surface area contributed by atoms with Gasteiger partial charge in [-0.3, -0.25) is 0 Å². The van der Waals surface area contributed by atoms with E-state index in [4.69, 9.17) is 11.6 Å². The number of benzene rings is 2. The van der Waals surface area contributed by atoms with Gasteiger partial charge < -0.3 is 10.2 Å². The van der Waals surface area contributed by atoms with Gasteiger partial charge in [-0.05, 0) is 30.3 Å². The minimum Gasteiger partial charge on any atom is -0.508 e. The van der Waals surface area contributed by atoms with E-state index in [-0.39, 0.29) is 11.3 Å². The average molecular weight is 300 g/mol. The Bertz CT molecular complexity index is 861. The van der Waals surface area contributed by atoms with Crippen LogP contribution in [0.1, 0.15) is 10.4 Å². The number of carboxylic acids is 1. The van der Waals surface area contributed by atoms with E-state index in [0.29, 0.717) is 27.2 Å². The van der Waals surface area contributed by atoms with Gasteiger partial charge in [-0.15, -0.1) is 0 Å². The van der Waals surface area contributed by atoms with E-state index in [0.717, 1.165) is 0 Å². The van der Waals surface area contributed by atoms with Crippen LogP contribution in [0.4, 0.5) is 0 Å². The number of aromatic nitrogens is 1. The molecule has 0 aliphatic carbocycles. The van der Waals surface area contributed by atoms with Crippen molar-refractivity contribution < 1.29 is 15.0 Å². The maximum Gasteiger partial charge on any atom is 0.336 e. The van der Waals surface area contributed by atoms with Gasteiger partial charge in [0.05, 0.1) is 21.8 Å². The fourth-order valence-corrected chi connectivity index (χ4v) is 2.50. The van der Waals surface area contributed by atoms with Crippen molar-refractivity contribution in [2.75, 3.05) is 0 Å². The van der Waals surface area contributed by atoms with E-state index in [2.05, 4.69) is 4.98 Å². The van der Waals surface area contributed by atoms with Crippen molar-refractivity contribution in [2.45, 2.75) is 0 Å². The lowest BCUT2D eigenvalue weighted by Crippen LogP contribution is -2.00. The van der Waals surface area contributed by atoms with Crippen molar-refractivity contribution in [3.8, 4) is 17.0 Å². The smallest absolute Gasteiger partial charge is 0.336 e. The Morgan fingerprint density at radius 2 is 1.86 bits per heavy atom. The predicted molar refractivity (Wildman–Crippen MR) is 80.8 cm³/mol. The summed E-state index contributed by atoms with van der Waals surface area (Å²) < 4.78 is 0. The first-order chi connectivity index (χ1) is 10.1. The van der Waals surface area contributed by atoms with Gasteiger partial charge in [-0.2, -0.15) is 0 Å². The Labute approximate surface area is 125 Å². The molecular weight excluding hydrogens is 290 g/mol. The lowest BCUT2D eigenvalue weighted by atomic mass is 10.0. The molecule has 4 nitrogen and oxygen atoms in total. The quantitative estimate of drug-likeness (QED) is 0.751. The van der Waals surface area contributed by atoms with Gasteiger partial charge in [0.15, 0.2) is 0 Å². The van der Waals surface area contributed by atoms with Crippen LogP contribution in [0.2, 0.25) is 5.02 Å². The molecule has 0 saturated heterocycles. The molecule has 0 atom stereocenters. The van der Waals surface area contributed by atoms with E-state index in [1.165, 1.54) is 12.1 Å². The minimum atomic E-state index is -1.07. The van der Waals surface area contributed by atoms with Crippen LogP contribution in [0, 0.1) is 0 Å². The minimum absolute atomic E-state index is 0.0870. The predicted octanol–water partition coefficient (Wildman–Crippen LogP) is 3.96. The second-order valence-corrected chi connectivity index (χ2v) is 4.95. The summed E-state index contributed by atoms with van der Waals surface area (Å²) in [6.07, 6.45) is 0. The topological polar surface area (TPSA) is 70.4 Å². The molecule has 0 amide bonds. The van der Waals surface area contributed by atoms with E-state index in [1.807, 2.05) is 0 Å². The molecular formula is C16H10ClNO3. The summed E-state index contributed by atoms with van der Waals surface area (Å²) >= 11 is 6.09. The number of phenols is 1. The van der Waals surface area contributed by atoms with Gasteiger partial charge in [0.2, 0.25) is 0 Å². The van der Waals surface area contributed by atoms with Crippen molar-refractivity contribution in [1.29, 1.82) is 0 Å². The third kappa shape index (κ3) is 2.41. The van der Waals surface area contributed by atoms with Crippen molar-refractivity contribution in [3.05, 3.63) is 59.1 Å². The Morgan fingerprint density at radius 3 is 2.57 bits per heavy atom. The molecule has 3 rings (SSSR count). The molecule has 0 aliphatic heterocycles. The molecule has 0 unspecified atom stereocenters. The van der Waals surface area contributed by atoms with Gasteiger partial charge in [0.25, 0.3) is 0 Å². The van der Waals surface area contributed by atoms with E-state index in [9.17, 15) is 15.0 Å². The first kappa shape index (κ1) is 13.4. The number of rotatable bonds is 2. The fraction of sp³-hybridized carbons (Fsp3) is 0. The highest BCUT2D eigenvalue weighted by atomic mass is 35.5. The van der Waals surface area contributed by atoms with Crippen LogP contribution in [-0.4, -0.2) is 21.2 Å². The number of phenolic OH excluding ortho intramolecular Hbond substituents is 1. The highest BCUT2D eigenvalue weighted by molar-refractivity contribution is 6.36. The van der Waals surface area contributed by atoms with Crippen LogP contribution in [0.15, 0.2) is 48.5 Å². The standard InChI is InChI=1S/C16H10ClNO3/c17-12-5-2-6-13-15(12)11(16(20)21)8-14(18-13)9-3-1-4-10(19)7-9/h1-8,19H,(H,20,21). The largest absolute Gasteiger partial charge is 0.508 e. The number of aromatic carboxylic acids is 1. The highest BCUT2D eigenvalue weighted by Gasteiger charge is 2.15. The van der Waals surface area contributed by atoms with Crippen molar-refractivity contribution in [1.82, 2.24) is 4.98 Å². The maximum absolute atomic E-state index is 11.5. The Balaban J connectivity index is 2.34. The van der Waals surface area contributed by atoms with Gasteiger partial charge in [0.1, 0.15) is 5.75 Å². The molecule has 1 heterocycles. The summed E-state index contributed by atoms with van der Waals surface area (Å²) in [6.45, 7) is 0. The zero-order chi connectivity index (χ0) is 15.0. The third-order valence-electron chi connectivity index (χ3n) is 3.16. The summed E-state index contributed by atoms with van der Waals surface area (Å²) in [5.41, 5.74) is 1.70. The van der Waals surface area contributed by atoms with Crippen molar-refractivity contribution >= 4 is 28.5 Å². The zero-order valence-corrected chi connectivity index (χ0v) is 11.5. The first-order valence-corrected chi connectivity index (χ1v) is 6.56. The molecule has 5 heteroatoms. The van der Waals surface area contributed by atoms with Crippen molar-refractivity contribution in [3.63, 3.8) is 0 Å². The van der Waals surface area contributed by atoms with Crippen LogP contribution in [0.25, 0.3) is 22.2 Å². The van der Waals surface area contributed by atoms with Gasteiger partial charge >= 0.3 is 5.97 Å². The number of nitrogens with zero attached hydrogens (tertiary/aromatic N) is 1. The summed E-state index contributed by atoms with van der Waals surface area (Å²) in [5.74, 6) is -0.978. The molecule has 0 aliphatic rings. The van der Waals surface area contributed by atoms with Crippen LogP contribution >= 0.6 is 11.6 Å². The monoisotopic (exact) mass is 299 g/mol. The molecule has 0 fully saturated rings. The number of carboxylic acid groups (broad SMARTS) is 1. The molecule has 0 saturated carbocycles. The van der Waals surface area contributed by atoms with Gasteiger partial charge in [-0.25, -0.2) is 9.78 Å². The molecule has 0 spiro atoms. The summed E-state index contributed by atoms with van der Waals surface area (Å²) in [6, 6.07) is 13.0. The summed E-state index contributed by atoms with van der Waals surface area (Å²) in [4.78, 5) is 15.9. The molecule has 21 heavy (non-hydrogen) atoms. The molecule has 0 radical (unpaired) electrons. The van der Waals surface area contributed by atoms with E-state index >= 15 is 0 Å². The molecule has 2 aromatic carbocycles. The Kier molecular flexibility index (Phi) is 3.23. The Hall–Kier alpha value is -2.59. The van der Waals surface area contributed by atoms with Crippen LogP contribution in [-0.2, 0) is 0 Å². The van der Waals surface area contributed by atoms with Crippen LogP contribution in [0.3, 0.4) is 0 Å².